The first kappa shape index (κ1) is 15.2. The van der Waals surface area contributed by atoms with Gasteiger partial charge in [0, 0.05) is 25.2 Å². The van der Waals surface area contributed by atoms with Crippen LogP contribution >= 0.6 is 0 Å². The van der Waals surface area contributed by atoms with Crippen molar-refractivity contribution in [3.63, 3.8) is 0 Å². The Bertz CT molecular complexity index is 782. The Labute approximate surface area is 140 Å². The summed E-state index contributed by atoms with van der Waals surface area (Å²) < 4.78 is 13.3. The van der Waals surface area contributed by atoms with Crippen molar-refractivity contribution in [3.8, 4) is 11.5 Å². The van der Waals surface area contributed by atoms with Crippen molar-refractivity contribution in [2.24, 2.45) is 0 Å². The zero-order valence-electron chi connectivity index (χ0n) is 13.7. The predicted octanol–water partition coefficient (Wildman–Crippen LogP) is 1.68. The lowest BCUT2D eigenvalue weighted by Gasteiger charge is -2.29. The van der Waals surface area contributed by atoms with Gasteiger partial charge in [0.25, 0.3) is 0 Å². The number of aliphatic hydroxyl groups is 1. The van der Waals surface area contributed by atoms with Crippen LogP contribution in [0.5, 0.6) is 11.5 Å². The Hall–Kier alpha value is -2.31. The van der Waals surface area contributed by atoms with Crippen LogP contribution in [-0.4, -0.2) is 46.6 Å². The molecule has 0 fully saturated rings. The molecular weight excluding hydrogens is 306 g/mol. The summed E-state index contributed by atoms with van der Waals surface area (Å²) in [7, 11) is 1.66. The van der Waals surface area contributed by atoms with Crippen molar-refractivity contribution >= 4 is 6.08 Å². The molecule has 3 heterocycles. The number of aromatic nitrogens is 2. The Balaban J connectivity index is 1.49. The fourth-order valence-corrected chi connectivity index (χ4v) is 3.36. The Morgan fingerprint density at radius 2 is 2.25 bits per heavy atom. The van der Waals surface area contributed by atoms with Crippen LogP contribution in [0.3, 0.4) is 0 Å². The molecule has 0 saturated heterocycles. The van der Waals surface area contributed by atoms with Crippen LogP contribution in [0.2, 0.25) is 0 Å². The fourth-order valence-electron chi connectivity index (χ4n) is 3.36. The lowest BCUT2D eigenvalue weighted by atomic mass is 10.1. The highest BCUT2D eigenvalue weighted by Crippen LogP contribution is 2.35. The van der Waals surface area contributed by atoms with Gasteiger partial charge in [-0.2, -0.15) is 5.10 Å². The van der Waals surface area contributed by atoms with Crippen LogP contribution in [-0.2, 0) is 19.7 Å². The second-order valence-corrected chi connectivity index (χ2v) is 6.19. The van der Waals surface area contributed by atoms with Gasteiger partial charge >= 0.3 is 0 Å². The second-order valence-electron chi connectivity index (χ2n) is 6.19. The third-order valence-electron chi connectivity index (χ3n) is 4.51. The van der Waals surface area contributed by atoms with Crippen molar-refractivity contribution in [1.29, 1.82) is 0 Å². The van der Waals surface area contributed by atoms with Gasteiger partial charge in [0.2, 0.25) is 0 Å². The average Bonchev–Trinajstić information content (AvgIpc) is 3.03. The summed E-state index contributed by atoms with van der Waals surface area (Å²) in [6.45, 7) is 4.10. The van der Waals surface area contributed by atoms with Gasteiger partial charge in [-0.25, -0.2) is 0 Å². The molecule has 6 heteroatoms. The molecule has 6 nitrogen and oxygen atoms in total. The summed E-state index contributed by atoms with van der Waals surface area (Å²) in [5.41, 5.74) is 4.23. The van der Waals surface area contributed by atoms with Gasteiger partial charge in [-0.3, -0.25) is 9.58 Å². The van der Waals surface area contributed by atoms with E-state index in [9.17, 15) is 5.11 Å². The van der Waals surface area contributed by atoms with Gasteiger partial charge in [-0.15, -0.1) is 0 Å². The monoisotopic (exact) mass is 327 g/mol. The second kappa shape index (κ2) is 6.30. The molecule has 1 aromatic heterocycles. The summed E-state index contributed by atoms with van der Waals surface area (Å²) in [6, 6.07) is 7.94. The molecule has 0 spiro atoms. The molecule has 1 N–H and O–H groups in total. The first-order chi connectivity index (χ1) is 11.8. The molecule has 2 aliphatic heterocycles. The van der Waals surface area contributed by atoms with Crippen LogP contribution in [0.4, 0.5) is 0 Å². The van der Waals surface area contributed by atoms with Crippen LogP contribution in [0.1, 0.15) is 17.0 Å². The SMILES string of the molecule is COc1cccc2c1OCC(CN1CCn3nc(CO)cc3C1)=C2. The standard InChI is InChI=1S/C18H21N3O3/c1-23-17-4-2-3-14-7-13(12-24-18(14)17)9-20-5-6-21-16(10-20)8-15(11-22)19-21/h2-4,7-8,22H,5-6,9-12H2,1H3. The minimum Gasteiger partial charge on any atom is -0.493 e. The average molecular weight is 327 g/mol. The number of hydrogen-bond acceptors (Lipinski definition) is 5. The normalized spacial score (nSPS) is 16.8. The van der Waals surface area contributed by atoms with Gasteiger partial charge in [-0.05, 0) is 23.8 Å². The van der Waals surface area contributed by atoms with E-state index >= 15 is 0 Å². The number of benzene rings is 1. The number of para-hydroxylation sites is 1. The van der Waals surface area contributed by atoms with E-state index in [1.807, 2.05) is 22.9 Å². The van der Waals surface area contributed by atoms with Crippen LogP contribution in [0.25, 0.3) is 6.08 Å². The molecule has 0 aliphatic carbocycles. The van der Waals surface area contributed by atoms with E-state index in [1.165, 1.54) is 5.57 Å². The van der Waals surface area contributed by atoms with E-state index in [0.717, 1.165) is 54.6 Å². The van der Waals surface area contributed by atoms with Crippen LogP contribution in [0.15, 0.2) is 29.8 Å². The molecule has 2 aliphatic rings. The summed E-state index contributed by atoms with van der Waals surface area (Å²) in [6.07, 6.45) is 2.20. The number of rotatable bonds is 4. The maximum atomic E-state index is 9.22. The molecular formula is C18H21N3O3. The molecule has 2 aromatic rings. The van der Waals surface area contributed by atoms with Crippen molar-refractivity contribution in [2.45, 2.75) is 19.7 Å². The summed E-state index contributed by atoms with van der Waals surface area (Å²) >= 11 is 0. The van der Waals surface area contributed by atoms with Crippen LogP contribution < -0.4 is 9.47 Å². The third kappa shape index (κ3) is 2.79. The van der Waals surface area contributed by atoms with Crippen molar-refractivity contribution < 1.29 is 14.6 Å². The molecule has 0 bridgehead atoms. The van der Waals surface area contributed by atoms with Gasteiger partial charge < -0.3 is 14.6 Å². The summed E-state index contributed by atoms with van der Waals surface area (Å²) in [5, 5.41) is 13.6. The molecule has 0 saturated carbocycles. The maximum absolute atomic E-state index is 9.22. The van der Waals surface area contributed by atoms with E-state index in [4.69, 9.17) is 9.47 Å². The predicted molar refractivity (Wildman–Crippen MR) is 89.9 cm³/mol. The van der Waals surface area contributed by atoms with E-state index in [0.29, 0.717) is 6.61 Å². The third-order valence-corrected chi connectivity index (χ3v) is 4.51. The minimum absolute atomic E-state index is 0.00237. The molecule has 1 aromatic carbocycles. The van der Waals surface area contributed by atoms with Gasteiger partial charge in [0.15, 0.2) is 11.5 Å². The number of nitrogens with zero attached hydrogens (tertiary/aromatic N) is 3. The number of ether oxygens (including phenoxy) is 2. The van der Waals surface area contributed by atoms with E-state index in [1.54, 1.807) is 7.11 Å². The quantitative estimate of drug-likeness (QED) is 0.926. The Kier molecular flexibility index (Phi) is 4.00. The molecule has 24 heavy (non-hydrogen) atoms. The zero-order valence-corrected chi connectivity index (χ0v) is 13.7. The van der Waals surface area contributed by atoms with Crippen LogP contribution in [0, 0.1) is 0 Å². The minimum atomic E-state index is -0.00237. The first-order valence-corrected chi connectivity index (χ1v) is 8.15. The van der Waals surface area contributed by atoms with Crippen molar-refractivity contribution in [2.75, 3.05) is 26.8 Å². The maximum Gasteiger partial charge on any atom is 0.168 e. The Morgan fingerprint density at radius 1 is 1.33 bits per heavy atom. The zero-order chi connectivity index (χ0) is 16.5. The molecule has 126 valence electrons. The molecule has 0 unspecified atom stereocenters. The van der Waals surface area contributed by atoms with Gasteiger partial charge in [-0.1, -0.05) is 12.1 Å². The fraction of sp³-hybridized carbons (Fsp3) is 0.389. The van der Waals surface area contributed by atoms with E-state index in [2.05, 4.69) is 22.1 Å². The summed E-state index contributed by atoms with van der Waals surface area (Å²) in [5.74, 6) is 1.61. The van der Waals surface area contributed by atoms with Crippen molar-refractivity contribution in [1.82, 2.24) is 14.7 Å². The Morgan fingerprint density at radius 3 is 3.08 bits per heavy atom. The van der Waals surface area contributed by atoms with E-state index < -0.39 is 0 Å². The molecule has 0 atom stereocenters. The molecule has 0 amide bonds. The summed E-state index contributed by atoms with van der Waals surface area (Å²) in [4.78, 5) is 2.39. The first-order valence-electron chi connectivity index (χ1n) is 8.15. The van der Waals surface area contributed by atoms with Crippen molar-refractivity contribution in [3.05, 3.63) is 46.8 Å². The number of methoxy groups -OCH3 is 1. The van der Waals surface area contributed by atoms with Gasteiger partial charge in [0.05, 0.1) is 31.6 Å². The van der Waals surface area contributed by atoms with E-state index in [-0.39, 0.29) is 6.61 Å². The smallest absolute Gasteiger partial charge is 0.168 e. The topological polar surface area (TPSA) is 59.8 Å². The highest BCUT2D eigenvalue weighted by molar-refractivity contribution is 5.66. The number of aliphatic hydroxyl groups excluding tert-OH is 1. The largest absolute Gasteiger partial charge is 0.493 e. The highest BCUT2D eigenvalue weighted by atomic mass is 16.5. The lowest BCUT2D eigenvalue weighted by molar-refractivity contribution is 0.218. The lowest BCUT2D eigenvalue weighted by Crippen LogP contribution is -2.36. The number of hydrogen-bond donors (Lipinski definition) is 1. The highest BCUT2D eigenvalue weighted by Gasteiger charge is 2.21. The molecule has 0 radical (unpaired) electrons. The molecule has 4 rings (SSSR count). The van der Waals surface area contributed by atoms with Gasteiger partial charge in [0.1, 0.15) is 6.61 Å². The number of fused-ring (bicyclic) bond motifs is 2.